The first-order chi connectivity index (χ1) is 9.63. The van der Waals surface area contributed by atoms with E-state index < -0.39 is 0 Å². The van der Waals surface area contributed by atoms with Crippen molar-refractivity contribution in [2.45, 2.75) is 6.92 Å². The lowest BCUT2D eigenvalue weighted by molar-refractivity contribution is 1.21. The van der Waals surface area contributed by atoms with E-state index in [4.69, 9.17) is 23.2 Å². The van der Waals surface area contributed by atoms with Crippen LogP contribution in [0.15, 0.2) is 42.5 Å². The van der Waals surface area contributed by atoms with E-state index in [0.717, 1.165) is 22.2 Å². The maximum atomic E-state index is 6.03. The Morgan fingerprint density at radius 1 is 1.00 bits per heavy atom. The molecule has 0 aliphatic carbocycles. The third-order valence-corrected chi connectivity index (χ3v) is 3.43. The number of halogens is 2. The number of benzene rings is 2. The Hall–Kier alpha value is -1.84. The van der Waals surface area contributed by atoms with Gasteiger partial charge in [0.05, 0.1) is 5.52 Å². The molecule has 0 bridgehead atoms. The van der Waals surface area contributed by atoms with Gasteiger partial charge in [-0.3, -0.25) is 0 Å². The summed E-state index contributed by atoms with van der Waals surface area (Å²) in [5.41, 5.74) is 2.78. The maximum Gasteiger partial charge on any atom is 0.224 e. The molecule has 0 unspecified atom stereocenters. The van der Waals surface area contributed by atoms with Crippen LogP contribution in [0, 0.1) is 6.92 Å². The van der Waals surface area contributed by atoms with E-state index in [-0.39, 0.29) is 5.28 Å². The molecule has 5 heteroatoms. The van der Waals surface area contributed by atoms with Crippen LogP contribution in [0.25, 0.3) is 10.9 Å². The number of rotatable bonds is 2. The first-order valence-corrected chi connectivity index (χ1v) is 6.84. The minimum absolute atomic E-state index is 0.214. The van der Waals surface area contributed by atoms with Crippen LogP contribution < -0.4 is 5.32 Å². The summed E-state index contributed by atoms with van der Waals surface area (Å²) >= 11 is 12.0. The van der Waals surface area contributed by atoms with Gasteiger partial charge in [0.15, 0.2) is 0 Å². The molecule has 3 aromatic rings. The molecule has 20 heavy (non-hydrogen) atoms. The summed E-state index contributed by atoms with van der Waals surface area (Å²) < 4.78 is 0. The summed E-state index contributed by atoms with van der Waals surface area (Å²) in [6.07, 6.45) is 0. The molecule has 0 spiro atoms. The number of aromatic nitrogens is 2. The summed E-state index contributed by atoms with van der Waals surface area (Å²) in [7, 11) is 0. The van der Waals surface area contributed by atoms with Crippen molar-refractivity contribution >= 4 is 45.6 Å². The highest BCUT2D eigenvalue weighted by molar-refractivity contribution is 6.31. The standard InChI is InChI=1S/C15H11Cl2N3/c1-9-6-7-10(16)8-13(9)18-14-11-4-2-3-5-12(11)19-15(17)20-14/h2-8H,1H3,(H,18,19,20). The molecule has 0 aliphatic rings. The topological polar surface area (TPSA) is 37.8 Å². The van der Waals surface area contributed by atoms with Gasteiger partial charge in [-0.1, -0.05) is 29.8 Å². The lowest BCUT2D eigenvalue weighted by Crippen LogP contribution is -1.98. The van der Waals surface area contributed by atoms with Crippen molar-refractivity contribution in [2.24, 2.45) is 0 Å². The quantitative estimate of drug-likeness (QED) is 0.678. The van der Waals surface area contributed by atoms with Crippen molar-refractivity contribution in [2.75, 3.05) is 5.32 Å². The fourth-order valence-corrected chi connectivity index (χ4v) is 2.35. The molecular weight excluding hydrogens is 293 g/mol. The van der Waals surface area contributed by atoms with Crippen LogP contribution in [-0.2, 0) is 0 Å². The number of nitrogens with one attached hydrogen (secondary N) is 1. The number of fused-ring (bicyclic) bond motifs is 1. The predicted molar refractivity (Wildman–Crippen MR) is 84.0 cm³/mol. The van der Waals surface area contributed by atoms with E-state index in [1.807, 2.05) is 49.4 Å². The highest BCUT2D eigenvalue weighted by Crippen LogP contribution is 2.28. The Morgan fingerprint density at radius 3 is 2.65 bits per heavy atom. The number of anilines is 2. The van der Waals surface area contributed by atoms with Crippen molar-refractivity contribution < 1.29 is 0 Å². The SMILES string of the molecule is Cc1ccc(Cl)cc1Nc1nc(Cl)nc2ccccc12. The van der Waals surface area contributed by atoms with Crippen LogP contribution in [0.1, 0.15) is 5.56 Å². The third-order valence-electron chi connectivity index (χ3n) is 3.03. The molecule has 100 valence electrons. The van der Waals surface area contributed by atoms with Gasteiger partial charge in [0.25, 0.3) is 0 Å². The van der Waals surface area contributed by atoms with Crippen LogP contribution in [0.3, 0.4) is 0 Å². The molecule has 0 saturated carbocycles. The van der Waals surface area contributed by atoms with Gasteiger partial charge in [0, 0.05) is 16.1 Å². The summed E-state index contributed by atoms with van der Waals surface area (Å²) in [4.78, 5) is 8.47. The minimum Gasteiger partial charge on any atom is -0.339 e. The predicted octanol–water partition coefficient (Wildman–Crippen LogP) is 4.99. The average Bonchev–Trinajstić information content (AvgIpc) is 2.43. The monoisotopic (exact) mass is 303 g/mol. The highest BCUT2D eigenvalue weighted by Gasteiger charge is 2.08. The second-order valence-corrected chi connectivity index (χ2v) is 5.22. The highest BCUT2D eigenvalue weighted by atomic mass is 35.5. The number of nitrogens with zero attached hydrogens (tertiary/aromatic N) is 2. The van der Waals surface area contributed by atoms with Gasteiger partial charge in [-0.25, -0.2) is 4.98 Å². The number of hydrogen-bond acceptors (Lipinski definition) is 3. The molecule has 3 nitrogen and oxygen atoms in total. The van der Waals surface area contributed by atoms with Crippen LogP contribution in [0.5, 0.6) is 0 Å². The molecule has 0 radical (unpaired) electrons. The smallest absolute Gasteiger partial charge is 0.224 e. The van der Waals surface area contributed by atoms with Crippen molar-refractivity contribution in [3.05, 3.63) is 58.3 Å². The normalized spacial score (nSPS) is 10.8. The zero-order valence-corrected chi connectivity index (χ0v) is 12.2. The average molecular weight is 304 g/mol. The summed E-state index contributed by atoms with van der Waals surface area (Å²) in [6.45, 7) is 2.00. The van der Waals surface area contributed by atoms with Crippen LogP contribution in [-0.4, -0.2) is 9.97 Å². The third kappa shape index (κ3) is 2.55. The molecule has 2 aromatic carbocycles. The van der Waals surface area contributed by atoms with Gasteiger partial charge in [-0.15, -0.1) is 0 Å². The lowest BCUT2D eigenvalue weighted by atomic mass is 10.2. The molecular formula is C15H11Cl2N3. The summed E-state index contributed by atoms with van der Waals surface area (Å²) in [5.74, 6) is 0.672. The van der Waals surface area contributed by atoms with Crippen LogP contribution >= 0.6 is 23.2 Å². The summed E-state index contributed by atoms with van der Waals surface area (Å²) in [6, 6.07) is 13.4. The summed E-state index contributed by atoms with van der Waals surface area (Å²) in [5, 5.41) is 5.07. The van der Waals surface area contributed by atoms with Gasteiger partial charge in [0.1, 0.15) is 5.82 Å². The Kier molecular flexibility index (Phi) is 3.47. The molecule has 3 rings (SSSR count). The first kappa shape index (κ1) is 13.2. The fraction of sp³-hybridized carbons (Fsp3) is 0.0667. The molecule has 0 saturated heterocycles. The maximum absolute atomic E-state index is 6.03. The Labute approximate surface area is 126 Å². The number of para-hydroxylation sites is 1. The zero-order chi connectivity index (χ0) is 14.1. The van der Waals surface area contributed by atoms with Crippen molar-refractivity contribution in [3.8, 4) is 0 Å². The molecule has 0 atom stereocenters. The van der Waals surface area contributed by atoms with Gasteiger partial charge in [-0.05, 0) is 48.4 Å². The van der Waals surface area contributed by atoms with Crippen molar-refractivity contribution in [1.82, 2.24) is 9.97 Å². The number of aryl methyl sites for hydroxylation is 1. The Balaban J connectivity index is 2.13. The lowest BCUT2D eigenvalue weighted by Gasteiger charge is -2.11. The zero-order valence-electron chi connectivity index (χ0n) is 10.7. The number of hydrogen-bond donors (Lipinski definition) is 1. The van der Waals surface area contributed by atoms with Gasteiger partial charge in [0.2, 0.25) is 5.28 Å². The largest absolute Gasteiger partial charge is 0.339 e. The Morgan fingerprint density at radius 2 is 1.80 bits per heavy atom. The van der Waals surface area contributed by atoms with E-state index >= 15 is 0 Å². The second kappa shape index (κ2) is 5.27. The molecule has 0 amide bonds. The van der Waals surface area contributed by atoms with Crippen molar-refractivity contribution in [3.63, 3.8) is 0 Å². The molecule has 1 N–H and O–H groups in total. The van der Waals surface area contributed by atoms with E-state index in [1.165, 1.54) is 0 Å². The van der Waals surface area contributed by atoms with Crippen LogP contribution in [0.4, 0.5) is 11.5 Å². The van der Waals surface area contributed by atoms with E-state index in [0.29, 0.717) is 10.8 Å². The molecule has 0 aliphatic heterocycles. The van der Waals surface area contributed by atoms with Crippen LogP contribution in [0.2, 0.25) is 10.3 Å². The minimum atomic E-state index is 0.214. The van der Waals surface area contributed by atoms with E-state index in [1.54, 1.807) is 0 Å². The molecule has 0 fully saturated rings. The van der Waals surface area contributed by atoms with Gasteiger partial charge in [-0.2, -0.15) is 4.98 Å². The van der Waals surface area contributed by atoms with E-state index in [2.05, 4.69) is 15.3 Å². The first-order valence-electron chi connectivity index (χ1n) is 6.09. The van der Waals surface area contributed by atoms with Crippen molar-refractivity contribution in [1.29, 1.82) is 0 Å². The fourth-order valence-electron chi connectivity index (χ4n) is 2.00. The second-order valence-electron chi connectivity index (χ2n) is 4.44. The molecule has 1 aromatic heterocycles. The Bertz CT molecular complexity index is 787. The van der Waals surface area contributed by atoms with E-state index in [9.17, 15) is 0 Å². The van der Waals surface area contributed by atoms with Gasteiger partial charge >= 0.3 is 0 Å². The van der Waals surface area contributed by atoms with Gasteiger partial charge < -0.3 is 5.32 Å². The molecule has 1 heterocycles.